The number of hydrogen-bond donors (Lipinski definition) is 1. The Morgan fingerprint density at radius 3 is 2.60 bits per heavy atom. The highest BCUT2D eigenvalue weighted by molar-refractivity contribution is 7.88. The van der Waals surface area contributed by atoms with Crippen molar-refractivity contribution in [2.75, 3.05) is 26.1 Å². The van der Waals surface area contributed by atoms with Gasteiger partial charge in [0, 0.05) is 43.7 Å². The first-order valence-electron chi connectivity index (χ1n) is 9.91. The molecule has 1 unspecified atom stereocenters. The highest BCUT2D eigenvalue weighted by Gasteiger charge is 2.28. The molecule has 1 aromatic carbocycles. The summed E-state index contributed by atoms with van der Waals surface area (Å²) in [6.07, 6.45) is 1.89. The molecule has 1 atom stereocenters. The van der Waals surface area contributed by atoms with Crippen molar-refractivity contribution in [2.24, 2.45) is 5.92 Å². The average molecular weight is 456 g/mol. The molecule has 1 N–H and O–H groups in total. The number of hydrogen-bond acceptors (Lipinski definition) is 7. The van der Waals surface area contributed by atoms with E-state index in [1.807, 2.05) is 24.5 Å². The molecule has 3 heterocycles. The second-order valence-corrected chi connectivity index (χ2v) is 10.2. The quantitative estimate of drug-likeness (QED) is 0.710. The first-order chi connectivity index (χ1) is 14.2. The molecular formula is C19H26ClN5O4S. The largest absolute Gasteiger partial charge is 0.454 e. The van der Waals surface area contributed by atoms with Gasteiger partial charge < -0.3 is 14.0 Å². The van der Waals surface area contributed by atoms with Gasteiger partial charge in [-0.3, -0.25) is 4.90 Å². The zero-order chi connectivity index (χ0) is 21.5. The van der Waals surface area contributed by atoms with Crippen LogP contribution >= 0.6 is 11.6 Å². The molecule has 4 rings (SSSR count). The highest BCUT2D eigenvalue weighted by Crippen LogP contribution is 2.37. The fraction of sp³-hybridized carbons (Fsp3) is 0.579. The molecule has 11 heteroatoms. The summed E-state index contributed by atoms with van der Waals surface area (Å²) in [7, 11) is -3.37. The van der Waals surface area contributed by atoms with Crippen LogP contribution in [0.1, 0.15) is 37.1 Å². The van der Waals surface area contributed by atoms with Crippen LogP contribution in [0.5, 0.6) is 11.5 Å². The Balaban J connectivity index is 1.51. The summed E-state index contributed by atoms with van der Waals surface area (Å²) in [6.45, 7) is 7.08. The number of fused-ring (bicyclic) bond motifs is 2. The maximum atomic E-state index is 11.8. The van der Waals surface area contributed by atoms with Crippen molar-refractivity contribution in [3.05, 3.63) is 34.4 Å². The smallest absolute Gasteiger partial charge is 0.231 e. The summed E-state index contributed by atoms with van der Waals surface area (Å²) in [6, 6.07) is 3.32. The van der Waals surface area contributed by atoms with Crippen LogP contribution in [0.4, 0.5) is 0 Å². The van der Waals surface area contributed by atoms with Gasteiger partial charge in [-0.05, 0) is 17.5 Å². The third-order valence-corrected chi connectivity index (χ3v) is 6.40. The van der Waals surface area contributed by atoms with E-state index in [-0.39, 0.29) is 12.7 Å². The van der Waals surface area contributed by atoms with Crippen molar-refractivity contribution in [1.82, 2.24) is 24.4 Å². The fourth-order valence-electron chi connectivity index (χ4n) is 3.82. The predicted molar refractivity (Wildman–Crippen MR) is 112 cm³/mol. The van der Waals surface area contributed by atoms with E-state index in [2.05, 4.69) is 19.8 Å². The third-order valence-electron chi connectivity index (χ3n) is 5.37. The van der Waals surface area contributed by atoms with E-state index in [1.165, 1.54) is 6.26 Å². The summed E-state index contributed by atoms with van der Waals surface area (Å²) >= 11 is 6.44. The van der Waals surface area contributed by atoms with Gasteiger partial charge >= 0.3 is 0 Å². The van der Waals surface area contributed by atoms with Crippen LogP contribution in [0.15, 0.2) is 12.1 Å². The number of aromatic nitrogens is 3. The molecule has 164 valence electrons. The van der Waals surface area contributed by atoms with E-state index < -0.39 is 16.1 Å². The molecule has 2 aliphatic heterocycles. The number of ether oxygens (including phenoxy) is 2. The molecular weight excluding hydrogens is 430 g/mol. The SMILES string of the molecule is CC(C)C(NS(C)(=O)=O)c1nnc2n1CCN(Cc1cc3c(cc1Cl)OCO3)CC2. The third kappa shape index (κ3) is 4.56. The van der Waals surface area contributed by atoms with E-state index in [0.29, 0.717) is 29.7 Å². The van der Waals surface area contributed by atoms with E-state index in [0.717, 1.165) is 36.6 Å². The maximum absolute atomic E-state index is 11.8. The first kappa shape index (κ1) is 21.4. The minimum atomic E-state index is -3.37. The van der Waals surface area contributed by atoms with Crippen molar-refractivity contribution >= 4 is 21.6 Å². The Labute approximate surface area is 181 Å². The maximum Gasteiger partial charge on any atom is 0.231 e. The number of nitrogens with one attached hydrogen (secondary N) is 1. The monoisotopic (exact) mass is 455 g/mol. The molecule has 0 saturated heterocycles. The topological polar surface area (TPSA) is 98.6 Å². The lowest BCUT2D eigenvalue weighted by molar-refractivity contribution is 0.174. The van der Waals surface area contributed by atoms with Crippen LogP contribution in [-0.2, 0) is 29.5 Å². The molecule has 30 heavy (non-hydrogen) atoms. The van der Waals surface area contributed by atoms with E-state index >= 15 is 0 Å². The fourth-order valence-corrected chi connectivity index (χ4v) is 4.87. The lowest BCUT2D eigenvalue weighted by Crippen LogP contribution is -2.33. The lowest BCUT2D eigenvalue weighted by atomic mass is 10.1. The summed E-state index contributed by atoms with van der Waals surface area (Å²) in [5.41, 5.74) is 0.984. The highest BCUT2D eigenvalue weighted by atomic mass is 35.5. The van der Waals surface area contributed by atoms with Gasteiger partial charge in [-0.25, -0.2) is 13.1 Å². The molecule has 0 spiro atoms. The van der Waals surface area contributed by atoms with Gasteiger partial charge in [0.15, 0.2) is 17.3 Å². The molecule has 1 aromatic heterocycles. The van der Waals surface area contributed by atoms with Crippen molar-refractivity contribution in [3.8, 4) is 11.5 Å². The minimum absolute atomic E-state index is 0.0415. The zero-order valence-corrected chi connectivity index (χ0v) is 18.8. The van der Waals surface area contributed by atoms with Crippen LogP contribution in [0.3, 0.4) is 0 Å². The molecule has 0 fully saturated rings. The van der Waals surface area contributed by atoms with Gasteiger partial charge in [-0.15, -0.1) is 10.2 Å². The zero-order valence-electron chi connectivity index (χ0n) is 17.3. The van der Waals surface area contributed by atoms with Crippen molar-refractivity contribution in [1.29, 1.82) is 0 Å². The van der Waals surface area contributed by atoms with Gasteiger partial charge in [0.2, 0.25) is 16.8 Å². The Morgan fingerprint density at radius 1 is 1.17 bits per heavy atom. The molecule has 0 radical (unpaired) electrons. The number of benzene rings is 1. The number of rotatable bonds is 6. The summed E-state index contributed by atoms with van der Waals surface area (Å²) < 4.78 is 39.3. The summed E-state index contributed by atoms with van der Waals surface area (Å²) in [4.78, 5) is 2.30. The Morgan fingerprint density at radius 2 is 1.90 bits per heavy atom. The first-order valence-corrected chi connectivity index (χ1v) is 12.2. The molecule has 2 aliphatic rings. The van der Waals surface area contributed by atoms with Crippen LogP contribution in [0, 0.1) is 5.92 Å². The Kier molecular flexibility index (Phi) is 5.93. The van der Waals surface area contributed by atoms with E-state index in [4.69, 9.17) is 21.1 Å². The van der Waals surface area contributed by atoms with Crippen LogP contribution < -0.4 is 14.2 Å². The van der Waals surface area contributed by atoms with Crippen molar-refractivity contribution in [3.63, 3.8) is 0 Å². The molecule has 2 aromatic rings. The van der Waals surface area contributed by atoms with Crippen LogP contribution in [0.2, 0.25) is 5.02 Å². The average Bonchev–Trinajstić information content (AvgIpc) is 3.22. The van der Waals surface area contributed by atoms with E-state index in [9.17, 15) is 8.42 Å². The van der Waals surface area contributed by atoms with Gasteiger partial charge in [0.25, 0.3) is 0 Å². The number of nitrogens with zero attached hydrogens (tertiary/aromatic N) is 4. The molecule has 0 saturated carbocycles. The molecule has 0 aliphatic carbocycles. The van der Waals surface area contributed by atoms with Gasteiger partial charge in [-0.1, -0.05) is 25.4 Å². The second-order valence-electron chi connectivity index (χ2n) is 8.06. The Bertz CT molecular complexity index is 1040. The standard InChI is InChI=1S/C19H26ClN5O4S/c1-12(2)18(23-30(3,26)27)19-22-21-17-4-5-24(6-7-25(17)19)10-13-8-15-16(9-14(13)20)29-11-28-15/h8-9,12,18,23H,4-7,10-11H2,1-3H3. The molecule has 9 nitrogen and oxygen atoms in total. The molecule has 0 bridgehead atoms. The number of sulfonamides is 1. The van der Waals surface area contributed by atoms with Crippen LogP contribution in [-0.4, -0.2) is 54.2 Å². The number of halogens is 1. The van der Waals surface area contributed by atoms with Gasteiger partial charge in [0.05, 0.1) is 12.3 Å². The molecule has 0 amide bonds. The summed E-state index contributed by atoms with van der Waals surface area (Å²) in [5, 5.41) is 9.32. The lowest BCUT2D eigenvalue weighted by Gasteiger charge is -2.23. The summed E-state index contributed by atoms with van der Waals surface area (Å²) in [5.74, 6) is 2.96. The minimum Gasteiger partial charge on any atom is -0.454 e. The van der Waals surface area contributed by atoms with Crippen molar-refractivity contribution < 1.29 is 17.9 Å². The van der Waals surface area contributed by atoms with Gasteiger partial charge in [-0.2, -0.15) is 0 Å². The predicted octanol–water partition coefficient (Wildman–Crippen LogP) is 1.96. The second kappa shape index (κ2) is 8.33. The van der Waals surface area contributed by atoms with Crippen molar-refractivity contribution in [2.45, 2.75) is 39.4 Å². The van der Waals surface area contributed by atoms with E-state index in [1.54, 1.807) is 6.07 Å². The van der Waals surface area contributed by atoms with Crippen LogP contribution in [0.25, 0.3) is 0 Å². The normalized spacial score (nSPS) is 17.8. The van der Waals surface area contributed by atoms with Gasteiger partial charge in [0.1, 0.15) is 5.82 Å². The Hall–Kier alpha value is -1.88.